The molecule has 1 aliphatic heterocycles. The summed E-state index contributed by atoms with van der Waals surface area (Å²) in [7, 11) is -2.15. The number of amides is 1. The third-order valence-corrected chi connectivity index (χ3v) is 7.99. The van der Waals surface area contributed by atoms with Crippen molar-refractivity contribution in [3.05, 3.63) is 64.4 Å². The van der Waals surface area contributed by atoms with Crippen LogP contribution < -0.4 is 0 Å². The smallest absolute Gasteiger partial charge is 0.254 e. The van der Waals surface area contributed by atoms with Gasteiger partial charge in [0.05, 0.1) is 11.1 Å². The SMILES string of the molecule is CC(c1ccc(F)cc1)N(C)C(=O)c1ccc(Cl)c(S(=O)(=O)N2CCCCCC2)c1. The maximum absolute atomic E-state index is 13.2. The molecule has 3 rings (SSSR count). The zero-order valence-corrected chi connectivity index (χ0v) is 18.7. The zero-order valence-electron chi connectivity index (χ0n) is 17.1. The summed E-state index contributed by atoms with van der Waals surface area (Å²) in [6, 6.07) is 9.96. The molecule has 1 unspecified atom stereocenters. The van der Waals surface area contributed by atoms with Gasteiger partial charge in [-0.3, -0.25) is 4.79 Å². The minimum absolute atomic E-state index is 0.0419. The van der Waals surface area contributed by atoms with E-state index in [1.54, 1.807) is 19.2 Å². The third-order valence-electron chi connectivity index (χ3n) is 5.61. The van der Waals surface area contributed by atoms with Crippen LogP contribution in [0.15, 0.2) is 47.4 Å². The highest BCUT2D eigenvalue weighted by atomic mass is 35.5. The van der Waals surface area contributed by atoms with Crippen molar-refractivity contribution >= 4 is 27.5 Å². The lowest BCUT2D eigenvalue weighted by Gasteiger charge is -2.26. The van der Waals surface area contributed by atoms with Crippen molar-refractivity contribution < 1.29 is 17.6 Å². The van der Waals surface area contributed by atoms with E-state index < -0.39 is 10.0 Å². The zero-order chi connectivity index (χ0) is 21.9. The summed E-state index contributed by atoms with van der Waals surface area (Å²) >= 11 is 6.23. The quantitative estimate of drug-likeness (QED) is 0.649. The van der Waals surface area contributed by atoms with Crippen LogP contribution in [0.1, 0.15) is 54.6 Å². The molecule has 0 aliphatic carbocycles. The van der Waals surface area contributed by atoms with E-state index in [-0.39, 0.29) is 33.2 Å². The molecule has 1 amide bonds. The fourth-order valence-corrected chi connectivity index (χ4v) is 5.62. The summed E-state index contributed by atoms with van der Waals surface area (Å²) in [6.45, 7) is 2.74. The van der Waals surface area contributed by atoms with E-state index >= 15 is 0 Å². The Morgan fingerprint density at radius 3 is 2.27 bits per heavy atom. The maximum Gasteiger partial charge on any atom is 0.254 e. The largest absolute Gasteiger partial charge is 0.335 e. The molecule has 2 aromatic carbocycles. The van der Waals surface area contributed by atoms with Crippen LogP contribution in [-0.4, -0.2) is 43.7 Å². The van der Waals surface area contributed by atoms with Crippen molar-refractivity contribution in [1.82, 2.24) is 9.21 Å². The van der Waals surface area contributed by atoms with Crippen LogP contribution in [-0.2, 0) is 10.0 Å². The van der Waals surface area contributed by atoms with Crippen LogP contribution in [0, 0.1) is 5.82 Å². The number of hydrogen-bond acceptors (Lipinski definition) is 3. The van der Waals surface area contributed by atoms with Gasteiger partial charge in [-0.25, -0.2) is 12.8 Å². The van der Waals surface area contributed by atoms with E-state index in [9.17, 15) is 17.6 Å². The van der Waals surface area contributed by atoms with E-state index in [0.717, 1.165) is 31.2 Å². The van der Waals surface area contributed by atoms with Gasteiger partial charge in [0.2, 0.25) is 10.0 Å². The second kappa shape index (κ2) is 9.45. The van der Waals surface area contributed by atoms with E-state index in [1.165, 1.54) is 39.5 Å². The number of nitrogens with zero attached hydrogens (tertiary/aromatic N) is 2. The van der Waals surface area contributed by atoms with Crippen molar-refractivity contribution in [2.75, 3.05) is 20.1 Å². The molecule has 162 valence electrons. The van der Waals surface area contributed by atoms with Crippen molar-refractivity contribution in [2.45, 2.75) is 43.5 Å². The second-order valence-electron chi connectivity index (χ2n) is 7.61. The molecule has 8 heteroatoms. The number of rotatable bonds is 5. The number of hydrogen-bond donors (Lipinski definition) is 0. The standard InChI is InChI=1S/C22H26ClFN2O3S/c1-16(17-7-10-19(24)11-8-17)25(2)22(27)18-9-12-20(23)21(15-18)30(28,29)26-13-5-3-4-6-14-26/h7-12,15-16H,3-6,13-14H2,1-2H3. The lowest BCUT2D eigenvalue weighted by atomic mass is 10.1. The Hall–Kier alpha value is -1.96. The fraction of sp³-hybridized carbons (Fsp3) is 0.409. The topological polar surface area (TPSA) is 57.7 Å². The van der Waals surface area contributed by atoms with Gasteiger partial charge < -0.3 is 4.90 Å². The highest BCUT2D eigenvalue weighted by molar-refractivity contribution is 7.89. The Bertz CT molecular complexity index is 1000. The van der Waals surface area contributed by atoms with Gasteiger partial charge in [-0.1, -0.05) is 36.6 Å². The summed E-state index contributed by atoms with van der Waals surface area (Å²) in [5.41, 5.74) is 1.02. The average Bonchev–Trinajstić information content (AvgIpc) is 3.03. The highest BCUT2D eigenvalue weighted by Crippen LogP contribution is 2.29. The first-order valence-electron chi connectivity index (χ1n) is 10.0. The molecule has 0 radical (unpaired) electrons. The Morgan fingerprint density at radius 1 is 1.07 bits per heavy atom. The van der Waals surface area contributed by atoms with Gasteiger partial charge in [0, 0.05) is 25.7 Å². The van der Waals surface area contributed by atoms with Crippen LogP contribution in [0.25, 0.3) is 0 Å². The van der Waals surface area contributed by atoms with Gasteiger partial charge in [0.1, 0.15) is 10.7 Å². The second-order valence-corrected chi connectivity index (χ2v) is 9.92. The number of benzene rings is 2. The van der Waals surface area contributed by atoms with Crippen LogP contribution in [0.4, 0.5) is 4.39 Å². The average molecular weight is 453 g/mol. The molecule has 0 spiro atoms. The minimum atomic E-state index is -3.79. The van der Waals surface area contributed by atoms with Gasteiger partial charge >= 0.3 is 0 Å². The van der Waals surface area contributed by atoms with E-state index in [1.807, 2.05) is 6.92 Å². The Balaban J connectivity index is 1.88. The molecule has 0 bridgehead atoms. The summed E-state index contributed by atoms with van der Waals surface area (Å²) in [5, 5.41) is 0.102. The molecule has 5 nitrogen and oxygen atoms in total. The molecule has 1 saturated heterocycles. The molecule has 1 aliphatic rings. The lowest BCUT2D eigenvalue weighted by molar-refractivity contribution is 0.0742. The lowest BCUT2D eigenvalue weighted by Crippen LogP contribution is -2.33. The van der Waals surface area contributed by atoms with Crippen molar-refractivity contribution in [1.29, 1.82) is 0 Å². The van der Waals surface area contributed by atoms with Crippen molar-refractivity contribution in [2.24, 2.45) is 0 Å². The molecule has 0 N–H and O–H groups in total. The predicted octanol–water partition coefficient (Wildman–Crippen LogP) is 4.88. The summed E-state index contributed by atoms with van der Waals surface area (Å²) in [6.07, 6.45) is 3.63. The molecule has 1 fully saturated rings. The van der Waals surface area contributed by atoms with Crippen molar-refractivity contribution in [3.63, 3.8) is 0 Å². The van der Waals surface area contributed by atoms with E-state index in [0.29, 0.717) is 13.1 Å². The van der Waals surface area contributed by atoms with Crippen molar-refractivity contribution in [3.8, 4) is 0 Å². The van der Waals surface area contributed by atoms with Crippen LogP contribution in [0.5, 0.6) is 0 Å². The van der Waals surface area contributed by atoms with Crippen LogP contribution in [0.3, 0.4) is 0 Å². The van der Waals surface area contributed by atoms with Gasteiger partial charge in [0.25, 0.3) is 5.91 Å². The summed E-state index contributed by atoms with van der Waals surface area (Å²) in [5.74, 6) is -0.684. The molecule has 1 heterocycles. The third kappa shape index (κ3) is 4.85. The summed E-state index contributed by atoms with van der Waals surface area (Å²) < 4.78 is 41.0. The molecule has 0 saturated carbocycles. The first-order valence-corrected chi connectivity index (χ1v) is 11.9. The predicted molar refractivity (Wildman–Crippen MR) is 116 cm³/mol. The van der Waals surface area contributed by atoms with E-state index in [4.69, 9.17) is 11.6 Å². The maximum atomic E-state index is 13.2. The van der Waals surface area contributed by atoms with Crippen LogP contribution in [0.2, 0.25) is 5.02 Å². The fourth-order valence-electron chi connectivity index (χ4n) is 3.60. The highest BCUT2D eigenvalue weighted by Gasteiger charge is 2.29. The molecule has 1 atom stereocenters. The van der Waals surface area contributed by atoms with E-state index in [2.05, 4.69) is 0 Å². The number of halogens is 2. The van der Waals surface area contributed by atoms with Gasteiger partial charge in [-0.15, -0.1) is 0 Å². The molecular formula is C22H26ClFN2O3S. The first-order chi connectivity index (χ1) is 14.2. The van der Waals surface area contributed by atoms with Crippen LogP contribution >= 0.6 is 11.6 Å². The first kappa shape index (κ1) is 22.7. The van der Waals surface area contributed by atoms with Gasteiger partial charge in [-0.2, -0.15) is 4.31 Å². The normalized spacial score (nSPS) is 16.7. The molecular weight excluding hydrogens is 427 g/mol. The van der Waals surface area contributed by atoms with Gasteiger partial charge in [-0.05, 0) is 55.7 Å². The Morgan fingerprint density at radius 2 is 1.67 bits per heavy atom. The number of carbonyl (C=O) groups is 1. The Labute approximate surface area is 182 Å². The number of sulfonamides is 1. The molecule has 30 heavy (non-hydrogen) atoms. The van der Waals surface area contributed by atoms with Gasteiger partial charge in [0.15, 0.2) is 0 Å². The minimum Gasteiger partial charge on any atom is -0.335 e. The number of carbonyl (C=O) groups excluding carboxylic acids is 1. The Kier molecular flexibility index (Phi) is 7.16. The molecule has 2 aromatic rings. The summed E-state index contributed by atoms with van der Waals surface area (Å²) in [4.78, 5) is 14.5. The molecule has 0 aromatic heterocycles. The monoisotopic (exact) mass is 452 g/mol.